The molecule has 1 atom stereocenters. The van der Waals surface area contributed by atoms with Crippen molar-refractivity contribution in [3.05, 3.63) is 77.1 Å². The van der Waals surface area contributed by atoms with Gasteiger partial charge in [0, 0.05) is 30.9 Å². The van der Waals surface area contributed by atoms with Gasteiger partial charge in [0.1, 0.15) is 5.75 Å². The summed E-state index contributed by atoms with van der Waals surface area (Å²) in [6, 6.07) is 8.15. The van der Waals surface area contributed by atoms with Gasteiger partial charge in [-0.05, 0) is 57.5 Å². The minimum Gasteiger partial charge on any atom is -0.482 e. The third-order valence-corrected chi connectivity index (χ3v) is 5.16. The van der Waals surface area contributed by atoms with Crippen molar-refractivity contribution in [1.29, 1.82) is 5.41 Å². The molecule has 0 radical (unpaired) electrons. The van der Waals surface area contributed by atoms with Gasteiger partial charge in [-0.15, -0.1) is 0 Å². The number of esters is 1. The minimum absolute atomic E-state index is 0.102. The molecule has 0 fully saturated rings. The fourth-order valence-electron chi connectivity index (χ4n) is 2.53. The van der Waals surface area contributed by atoms with Gasteiger partial charge in [0.15, 0.2) is 6.61 Å². The Bertz CT molecular complexity index is 1150. The lowest BCUT2D eigenvalue weighted by atomic mass is 10.1. The molecule has 1 heterocycles. The number of hydrogen-bond donors (Lipinski definition) is 4. The van der Waals surface area contributed by atoms with E-state index >= 15 is 0 Å². The molecule has 0 aliphatic rings. The lowest BCUT2D eigenvalue weighted by Gasteiger charge is -2.13. The molecule has 2 rings (SSSR count). The Morgan fingerprint density at radius 1 is 1.23 bits per heavy atom. The van der Waals surface area contributed by atoms with Crippen molar-refractivity contribution >= 4 is 40.9 Å². The number of ether oxygens (including phenoxy) is 2. The second-order valence-electron chi connectivity index (χ2n) is 8.06. The Morgan fingerprint density at radius 3 is 2.40 bits per heavy atom. The molecule has 1 unspecified atom stereocenters. The van der Waals surface area contributed by atoms with Gasteiger partial charge in [0.2, 0.25) is 0 Å². The number of allylic oxidation sites excluding steroid dienone is 2. The highest BCUT2D eigenvalue weighted by Crippen LogP contribution is 2.23. The van der Waals surface area contributed by atoms with E-state index < -0.39 is 5.97 Å². The molecule has 2 aromatic rings. The number of carbonyl (C=O) groups excluding carboxylic acids is 3. The maximum absolute atomic E-state index is 12.0. The molecule has 0 spiro atoms. The molecule has 0 aliphatic heterocycles. The largest absolute Gasteiger partial charge is 0.482 e. The van der Waals surface area contributed by atoms with E-state index in [0.29, 0.717) is 22.0 Å². The van der Waals surface area contributed by atoms with Crippen molar-refractivity contribution in [2.24, 2.45) is 11.7 Å². The summed E-state index contributed by atoms with van der Waals surface area (Å²) in [7, 11) is 1.48. The molecular weight excluding hydrogens is 534 g/mol. The van der Waals surface area contributed by atoms with Gasteiger partial charge in [-0.1, -0.05) is 43.7 Å². The summed E-state index contributed by atoms with van der Waals surface area (Å²) < 4.78 is 10.1. The normalized spacial score (nSPS) is 11.1. The number of nitrogens with two attached hydrogens (primary N) is 1. The van der Waals surface area contributed by atoms with Gasteiger partial charge in [-0.3, -0.25) is 20.0 Å². The first-order valence-electron chi connectivity index (χ1n) is 12.6. The Labute approximate surface area is 241 Å². The summed E-state index contributed by atoms with van der Waals surface area (Å²) >= 11 is 5.48. The second-order valence-corrected chi connectivity index (χ2v) is 8.49. The first-order chi connectivity index (χ1) is 19.0. The van der Waals surface area contributed by atoms with Crippen LogP contribution >= 0.6 is 11.6 Å². The van der Waals surface area contributed by atoms with Gasteiger partial charge in [-0.2, -0.15) is 0 Å². The number of benzene rings is 1. The summed E-state index contributed by atoms with van der Waals surface area (Å²) in [6.45, 7) is 9.10. The molecule has 0 saturated carbocycles. The van der Waals surface area contributed by atoms with E-state index in [2.05, 4.69) is 22.5 Å². The number of hydrogen-bond acceptors (Lipinski definition) is 7. The van der Waals surface area contributed by atoms with Crippen LogP contribution in [0.15, 0.2) is 66.5 Å². The van der Waals surface area contributed by atoms with E-state index in [1.807, 2.05) is 19.1 Å². The molecule has 11 heteroatoms. The Balaban J connectivity index is 0.000000768. The van der Waals surface area contributed by atoms with Crippen LogP contribution < -0.4 is 21.1 Å². The standard InChI is InChI=1S/C17H22N2O5.C7H14N2.C5H4ClN/c1-5-11(3)16(21)19-14-8-7-12(9-13(14)17(22)18-4)24-10-15(20)23-6-2;1-3-4-5-6(2)7(8)9;6-5-2-1-3-7-4-5/h5,7-9H,6,10H2,1-4H3,(H,18,22)(H,19,21);4-6H,3H2,1-2H3,(H3,8,9);1-4H/b11-5+;5-4-;. The monoisotopic (exact) mass is 573 g/mol. The second kappa shape index (κ2) is 20.7. The number of aromatic nitrogens is 1. The maximum Gasteiger partial charge on any atom is 0.344 e. The highest BCUT2D eigenvalue weighted by molar-refractivity contribution is 6.30. The summed E-state index contributed by atoms with van der Waals surface area (Å²) in [5, 5.41) is 12.9. The van der Waals surface area contributed by atoms with Crippen LogP contribution in [0.3, 0.4) is 0 Å². The lowest BCUT2D eigenvalue weighted by molar-refractivity contribution is -0.145. The topological polar surface area (TPSA) is 156 Å². The third kappa shape index (κ3) is 15.3. The molecule has 0 bridgehead atoms. The van der Waals surface area contributed by atoms with E-state index in [9.17, 15) is 14.4 Å². The van der Waals surface area contributed by atoms with Gasteiger partial charge < -0.3 is 25.8 Å². The number of amidine groups is 1. The van der Waals surface area contributed by atoms with Crippen molar-refractivity contribution in [2.45, 2.75) is 41.0 Å². The molecule has 218 valence electrons. The van der Waals surface area contributed by atoms with Gasteiger partial charge in [0.25, 0.3) is 11.8 Å². The van der Waals surface area contributed by atoms with Crippen molar-refractivity contribution < 1.29 is 23.9 Å². The highest BCUT2D eigenvalue weighted by atomic mass is 35.5. The van der Waals surface area contributed by atoms with Crippen LogP contribution in [-0.2, 0) is 14.3 Å². The van der Waals surface area contributed by atoms with E-state index in [1.165, 1.54) is 13.1 Å². The van der Waals surface area contributed by atoms with Crippen LogP contribution in [0.5, 0.6) is 5.75 Å². The predicted molar refractivity (Wildman–Crippen MR) is 160 cm³/mol. The molecule has 1 aromatic heterocycles. The third-order valence-electron chi connectivity index (χ3n) is 4.94. The Hall–Kier alpha value is -4.18. The Kier molecular flexibility index (Phi) is 18.6. The van der Waals surface area contributed by atoms with Crippen LogP contribution in [0.1, 0.15) is 51.4 Å². The van der Waals surface area contributed by atoms with Crippen molar-refractivity contribution in [2.75, 3.05) is 25.6 Å². The fraction of sp³-hybridized carbons (Fsp3) is 0.345. The SMILES string of the molecule is C/C=C(\C)C(=O)Nc1ccc(OCC(=O)OCC)cc1C(=O)NC.CC/C=C\C(C)C(=N)N.Clc1cccnc1. The summed E-state index contributed by atoms with van der Waals surface area (Å²) in [5.41, 5.74) is 6.32. The molecule has 10 nitrogen and oxygen atoms in total. The van der Waals surface area contributed by atoms with Crippen LogP contribution in [0, 0.1) is 11.3 Å². The molecule has 5 N–H and O–H groups in total. The van der Waals surface area contributed by atoms with E-state index in [1.54, 1.807) is 63.5 Å². The van der Waals surface area contributed by atoms with E-state index in [-0.39, 0.29) is 42.3 Å². The molecule has 2 amide bonds. The number of halogens is 1. The predicted octanol–water partition coefficient (Wildman–Crippen LogP) is 5.15. The van der Waals surface area contributed by atoms with Crippen molar-refractivity contribution in [3.8, 4) is 5.75 Å². The zero-order valence-electron chi connectivity index (χ0n) is 23.9. The van der Waals surface area contributed by atoms with E-state index in [0.717, 1.165) is 6.42 Å². The Morgan fingerprint density at radius 2 is 1.93 bits per heavy atom. The number of nitrogens with one attached hydrogen (secondary N) is 3. The van der Waals surface area contributed by atoms with Crippen LogP contribution in [0.25, 0.3) is 0 Å². The lowest BCUT2D eigenvalue weighted by Crippen LogP contribution is -2.22. The minimum atomic E-state index is -0.500. The molecule has 0 saturated heterocycles. The zero-order chi connectivity index (χ0) is 30.5. The molecular formula is C29H40ClN5O5. The molecule has 1 aromatic carbocycles. The summed E-state index contributed by atoms with van der Waals surface area (Å²) in [4.78, 5) is 39.1. The maximum atomic E-state index is 12.0. The quantitative estimate of drug-likeness (QED) is 0.101. The average Bonchev–Trinajstić information content (AvgIpc) is 2.95. The smallest absolute Gasteiger partial charge is 0.344 e. The summed E-state index contributed by atoms with van der Waals surface area (Å²) in [6.07, 6.45) is 9.94. The molecule has 40 heavy (non-hydrogen) atoms. The van der Waals surface area contributed by atoms with Crippen molar-refractivity contribution in [3.63, 3.8) is 0 Å². The fourth-order valence-corrected chi connectivity index (χ4v) is 2.66. The number of nitrogens with zero attached hydrogens (tertiary/aromatic N) is 1. The number of amides is 2. The highest BCUT2D eigenvalue weighted by Gasteiger charge is 2.15. The van der Waals surface area contributed by atoms with Crippen LogP contribution in [0.4, 0.5) is 5.69 Å². The average molecular weight is 574 g/mol. The number of carbonyl (C=O) groups is 3. The number of pyridine rings is 1. The first kappa shape index (κ1) is 35.8. The first-order valence-corrected chi connectivity index (χ1v) is 13.0. The van der Waals surface area contributed by atoms with Gasteiger partial charge in [0.05, 0.1) is 28.7 Å². The van der Waals surface area contributed by atoms with Crippen molar-refractivity contribution in [1.82, 2.24) is 10.3 Å². The van der Waals surface area contributed by atoms with Crippen LogP contribution in [-0.4, -0.2) is 48.9 Å². The van der Waals surface area contributed by atoms with Crippen LogP contribution in [0.2, 0.25) is 5.02 Å². The number of anilines is 1. The van der Waals surface area contributed by atoms with Gasteiger partial charge in [-0.25, -0.2) is 4.79 Å². The summed E-state index contributed by atoms with van der Waals surface area (Å²) in [5.74, 6) is -0.528. The zero-order valence-corrected chi connectivity index (χ0v) is 24.7. The number of rotatable bonds is 10. The molecule has 0 aliphatic carbocycles. The van der Waals surface area contributed by atoms with Gasteiger partial charge >= 0.3 is 5.97 Å². The van der Waals surface area contributed by atoms with E-state index in [4.69, 9.17) is 32.2 Å².